The van der Waals surface area contributed by atoms with Gasteiger partial charge in [0.1, 0.15) is 0 Å². The lowest BCUT2D eigenvalue weighted by Crippen LogP contribution is -2.45. The van der Waals surface area contributed by atoms with E-state index in [0.29, 0.717) is 25.9 Å². The maximum atomic E-state index is 12.5. The minimum Gasteiger partial charge on any atom is -0.466 e. The zero-order valence-corrected chi connectivity index (χ0v) is 45.4. The highest BCUT2D eigenvalue weighted by molar-refractivity contribution is 5.76. The van der Waals surface area contributed by atoms with E-state index in [2.05, 4.69) is 31.3 Å². The van der Waals surface area contributed by atoms with Crippen LogP contribution in [0, 0.1) is 0 Å². The number of hydrogen-bond donors (Lipinski definition) is 3. The van der Waals surface area contributed by atoms with E-state index >= 15 is 0 Å². The van der Waals surface area contributed by atoms with Crippen molar-refractivity contribution in [3.8, 4) is 0 Å². The van der Waals surface area contributed by atoms with E-state index < -0.39 is 12.1 Å². The average molecular weight is 947 g/mol. The van der Waals surface area contributed by atoms with Gasteiger partial charge < -0.3 is 20.3 Å². The van der Waals surface area contributed by atoms with E-state index in [4.69, 9.17) is 4.74 Å². The van der Waals surface area contributed by atoms with Gasteiger partial charge in [-0.2, -0.15) is 0 Å². The Morgan fingerprint density at radius 3 is 1.09 bits per heavy atom. The SMILES string of the molecule is CCCCC/C=C\CCCCCCCC(=O)OCCCCCCCCCCCCCCCCCCCCCC(=O)NC(CO)C(O)CCCCCCCCCCCCCCCCCCCCC. The van der Waals surface area contributed by atoms with Gasteiger partial charge in [0.15, 0.2) is 0 Å². The van der Waals surface area contributed by atoms with Crippen molar-refractivity contribution in [1.29, 1.82) is 0 Å². The first-order chi connectivity index (χ1) is 33.0. The fourth-order valence-corrected chi connectivity index (χ4v) is 9.64. The normalized spacial score (nSPS) is 12.6. The van der Waals surface area contributed by atoms with Crippen LogP contribution >= 0.6 is 0 Å². The van der Waals surface area contributed by atoms with Crippen molar-refractivity contribution in [2.75, 3.05) is 13.2 Å². The Labute approximate surface area is 419 Å². The third kappa shape index (κ3) is 53.8. The van der Waals surface area contributed by atoms with Crippen molar-refractivity contribution < 1.29 is 24.5 Å². The molecule has 6 nitrogen and oxygen atoms in total. The van der Waals surface area contributed by atoms with Crippen LogP contribution in [-0.2, 0) is 14.3 Å². The molecule has 0 aromatic carbocycles. The summed E-state index contributed by atoms with van der Waals surface area (Å²) in [6, 6.07) is -0.543. The molecule has 3 N–H and O–H groups in total. The van der Waals surface area contributed by atoms with Crippen LogP contribution in [0.25, 0.3) is 0 Å². The number of rotatable bonds is 57. The number of esters is 1. The monoisotopic (exact) mass is 946 g/mol. The lowest BCUT2D eigenvalue weighted by Gasteiger charge is -2.22. The van der Waals surface area contributed by atoms with E-state index in [9.17, 15) is 19.8 Å². The minimum atomic E-state index is -0.666. The molecule has 0 spiro atoms. The van der Waals surface area contributed by atoms with Gasteiger partial charge in [-0.3, -0.25) is 9.59 Å². The third-order valence-electron chi connectivity index (χ3n) is 14.3. The molecule has 398 valence electrons. The quantitative estimate of drug-likeness (QED) is 0.0321. The van der Waals surface area contributed by atoms with Gasteiger partial charge in [0.05, 0.1) is 25.4 Å². The van der Waals surface area contributed by atoms with E-state index in [1.165, 1.54) is 263 Å². The molecule has 6 heteroatoms. The molecule has 0 fully saturated rings. The highest BCUT2D eigenvalue weighted by atomic mass is 16.5. The smallest absolute Gasteiger partial charge is 0.305 e. The van der Waals surface area contributed by atoms with Gasteiger partial charge in [-0.1, -0.05) is 289 Å². The zero-order valence-electron chi connectivity index (χ0n) is 45.4. The first kappa shape index (κ1) is 65.6. The van der Waals surface area contributed by atoms with Gasteiger partial charge in [-0.15, -0.1) is 0 Å². The predicted molar refractivity (Wildman–Crippen MR) is 292 cm³/mol. The number of aliphatic hydroxyl groups excluding tert-OH is 2. The first-order valence-corrected chi connectivity index (χ1v) is 30.4. The summed E-state index contributed by atoms with van der Waals surface area (Å²) in [5, 5.41) is 23.3. The van der Waals surface area contributed by atoms with E-state index in [1.807, 2.05) is 0 Å². The minimum absolute atomic E-state index is 0.000259. The number of allylic oxidation sites excluding steroid dienone is 2. The summed E-state index contributed by atoms with van der Waals surface area (Å²) >= 11 is 0. The van der Waals surface area contributed by atoms with Crippen molar-refractivity contribution in [3.63, 3.8) is 0 Å². The highest BCUT2D eigenvalue weighted by Crippen LogP contribution is 2.18. The lowest BCUT2D eigenvalue weighted by atomic mass is 10.0. The molecular formula is C61H119NO5. The van der Waals surface area contributed by atoms with Gasteiger partial charge >= 0.3 is 5.97 Å². The van der Waals surface area contributed by atoms with Crippen LogP contribution in [0.1, 0.15) is 341 Å². The largest absolute Gasteiger partial charge is 0.466 e. The summed E-state index contributed by atoms with van der Waals surface area (Å²) in [6.07, 6.45) is 67.8. The van der Waals surface area contributed by atoms with Crippen molar-refractivity contribution in [1.82, 2.24) is 5.32 Å². The molecule has 0 aromatic heterocycles. The Kier molecular flexibility index (Phi) is 56.0. The molecule has 0 rings (SSSR count). The second-order valence-electron chi connectivity index (χ2n) is 21.0. The molecule has 67 heavy (non-hydrogen) atoms. The van der Waals surface area contributed by atoms with Crippen LogP contribution in [-0.4, -0.2) is 47.4 Å². The summed E-state index contributed by atoms with van der Waals surface area (Å²) in [4.78, 5) is 24.5. The fourth-order valence-electron chi connectivity index (χ4n) is 9.64. The number of ether oxygens (including phenoxy) is 1. The van der Waals surface area contributed by atoms with E-state index in [1.54, 1.807) is 0 Å². The van der Waals surface area contributed by atoms with Crippen molar-refractivity contribution in [3.05, 3.63) is 12.2 Å². The third-order valence-corrected chi connectivity index (χ3v) is 14.3. The van der Waals surface area contributed by atoms with Crippen LogP contribution < -0.4 is 5.32 Å². The van der Waals surface area contributed by atoms with Gasteiger partial charge in [-0.05, 0) is 51.4 Å². The van der Waals surface area contributed by atoms with E-state index in [-0.39, 0.29) is 18.5 Å². The van der Waals surface area contributed by atoms with Crippen LogP contribution in [0.4, 0.5) is 0 Å². The molecule has 2 atom stereocenters. The molecule has 0 saturated carbocycles. The Bertz CT molecular complexity index is 1000. The Hall–Kier alpha value is -1.40. The van der Waals surface area contributed by atoms with Crippen molar-refractivity contribution in [2.45, 2.75) is 353 Å². The summed E-state index contributed by atoms with van der Waals surface area (Å²) in [5.74, 6) is -0.0348. The molecule has 0 aliphatic heterocycles. The molecule has 0 aromatic rings. The first-order valence-electron chi connectivity index (χ1n) is 30.4. The Morgan fingerprint density at radius 1 is 0.403 bits per heavy atom. The van der Waals surface area contributed by atoms with Crippen molar-refractivity contribution in [2.24, 2.45) is 0 Å². The molecule has 0 saturated heterocycles. The number of amides is 1. The summed E-state index contributed by atoms with van der Waals surface area (Å²) < 4.78 is 5.46. The second kappa shape index (κ2) is 57.2. The number of nitrogens with one attached hydrogen (secondary N) is 1. The number of aliphatic hydroxyl groups is 2. The number of hydrogen-bond acceptors (Lipinski definition) is 5. The van der Waals surface area contributed by atoms with Gasteiger partial charge in [0.2, 0.25) is 5.91 Å². The van der Waals surface area contributed by atoms with Crippen molar-refractivity contribution >= 4 is 11.9 Å². The fraction of sp³-hybridized carbons (Fsp3) is 0.934. The summed E-state index contributed by atoms with van der Waals surface area (Å²) in [5.41, 5.74) is 0. The lowest BCUT2D eigenvalue weighted by molar-refractivity contribution is -0.143. The average Bonchev–Trinajstić information content (AvgIpc) is 3.33. The Morgan fingerprint density at radius 2 is 0.701 bits per heavy atom. The second-order valence-corrected chi connectivity index (χ2v) is 21.0. The van der Waals surface area contributed by atoms with Crippen LogP contribution in [0.5, 0.6) is 0 Å². The van der Waals surface area contributed by atoms with Gasteiger partial charge in [0, 0.05) is 12.8 Å². The number of unbranched alkanes of at least 4 members (excludes halogenated alkanes) is 44. The molecule has 2 unspecified atom stereocenters. The van der Waals surface area contributed by atoms with Gasteiger partial charge in [0.25, 0.3) is 0 Å². The molecule has 0 radical (unpaired) electrons. The van der Waals surface area contributed by atoms with Crippen LogP contribution in [0.15, 0.2) is 12.2 Å². The van der Waals surface area contributed by atoms with Gasteiger partial charge in [-0.25, -0.2) is 0 Å². The molecule has 1 amide bonds. The summed E-state index contributed by atoms with van der Waals surface area (Å²) in [7, 11) is 0. The standard InChI is InChI=1S/C61H119NO5/c1-3-5-7-9-11-13-15-17-18-19-21-24-27-30-33-37-41-45-49-53-59(64)58(57-63)62-60(65)54-50-46-42-38-34-31-28-25-22-20-23-26-29-32-36-40-44-48-52-56-67-61(66)55-51-47-43-39-35-16-14-12-10-8-6-4-2/h12,14,58-59,63-64H,3-11,13,15-57H2,1-2H3,(H,62,65)/b14-12-. The van der Waals surface area contributed by atoms with Crippen LogP contribution in [0.3, 0.4) is 0 Å². The molecular weight excluding hydrogens is 827 g/mol. The number of carbonyl (C=O) groups excluding carboxylic acids is 2. The predicted octanol–water partition coefficient (Wildman–Crippen LogP) is 18.9. The maximum absolute atomic E-state index is 12.5. The van der Waals surface area contributed by atoms with Crippen LogP contribution in [0.2, 0.25) is 0 Å². The summed E-state index contributed by atoms with van der Waals surface area (Å²) in [6.45, 7) is 4.95. The van der Waals surface area contributed by atoms with E-state index in [0.717, 1.165) is 44.9 Å². The maximum Gasteiger partial charge on any atom is 0.305 e. The number of carbonyl (C=O) groups is 2. The molecule has 0 aliphatic rings. The Balaban J connectivity index is 3.40. The molecule has 0 aliphatic carbocycles. The molecule has 0 bridgehead atoms. The topological polar surface area (TPSA) is 95.9 Å². The highest BCUT2D eigenvalue weighted by Gasteiger charge is 2.20. The zero-order chi connectivity index (χ0) is 48.6. The molecule has 0 heterocycles.